The zero-order valence-electron chi connectivity index (χ0n) is 15.3. The van der Waals surface area contributed by atoms with Crippen LogP contribution in [0.2, 0.25) is 0 Å². The molecule has 0 spiro atoms. The summed E-state index contributed by atoms with van der Waals surface area (Å²) in [6.07, 6.45) is 6.55. The summed E-state index contributed by atoms with van der Waals surface area (Å²) < 4.78 is 6.80. The van der Waals surface area contributed by atoms with E-state index in [2.05, 4.69) is 34.1 Å². The predicted molar refractivity (Wildman–Crippen MR) is 114 cm³/mol. The van der Waals surface area contributed by atoms with E-state index in [1.165, 1.54) is 37.7 Å². The van der Waals surface area contributed by atoms with Crippen LogP contribution in [-0.4, -0.2) is 12.4 Å². The lowest BCUT2D eigenvalue weighted by Crippen LogP contribution is -2.12. The van der Waals surface area contributed by atoms with Crippen LogP contribution in [0.25, 0.3) is 10.8 Å². The molecule has 0 N–H and O–H groups in total. The quantitative estimate of drug-likeness (QED) is 0.417. The second kappa shape index (κ2) is 8.26. The summed E-state index contributed by atoms with van der Waals surface area (Å²) in [7, 11) is 0. The Morgan fingerprint density at radius 3 is 2.37 bits per heavy atom. The molecule has 2 nitrogen and oxygen atoms in total. The van der Waals surface area contributed by atoms with Gasteiger partial charge in [-0.3, -0.25) is 4.79 Å². The molecule has 1 aliphatic rings. The molecule has 0 heterocycles. The number of benzene rings is 3. The first kappa shape index (κ1) is 18.2. The fraction of sp³-hybridized carbons (Fsp3) is 0.292. The zero-order chi connectivity index (χ0) is 18.6. The molecule has 0 aromatic heterocycles. The fourth-order valence-electron chi connectivity index (χ4n) is 3.89. The van der Waals surface area contributed by atoms with Crippen molar-refractivity contribution < 1.29 is 9.53 Å². The molecule has 0 amide bonds. The van der Waals surface area contributed by atoms with Gasteiger partial charge >= 0.3 is 0 Å². The summed E-state index contributed by atoms with van der Waals surface area (Å²) in [6.45, 7) is 0.0603. The number of Topliss-reactive ketones (excluding diaryl/α,β-unsaturated/α-hetero) is 1. The van der Waals surface area contributed by atoms with Crippen LogP contribution in [-0.2, 0) is 0 Å². The first-order valence-electron chi connectivity index (χ1n) is 9.64. The van der Waals surface area contributed by atoms with Crippen LogP contribution < -0.4 is 4.74 Å². The van der Waals surface area contributed by atoms with E-state index in [1.807, 2.05) is 42.5 Å². The van der Waals surface area contributed by atoms with Crippen LogP contribution in [0, 0.1) is 0 Å². The minimum Gasteiger partial charge on any atom is -0.485 e. The number of hydrogen-bond donors (Lipinski definition) is 0. The highest BCUT2D eigenvalue weighted by Crippen LogP contribution is 2.32. The Morgan fingerprint density at radius 1 is 0.889 bits per heavy atom. The van der Waals surface area contributed by atoms with Crippen molar-refractivity contribution >= 4 is 32.5 Å². The first-order valence-corrected chi connectivity index (χ1v) is 10.4. The Kier molecular flexibility index (Phi) is 5.58. The van der Waals surface area contributed by atoms with Gasteiger partial charge in [-0.05, 0) is 59.4 Å². The molecule has 0 aliphatic heterocycles. The molecular formula is C24H23BrO2. The SMILES string of the molecule is O=C(COc1ccc2cc(Br)ccc2c1)c1ccc(C2CCCCC2)cc1. The maximum atomic E-state index is 12.5. The second-order valence-corrected chi connectivity index (χ2v) is 8.24. The van der Waals surface area contributed by atoms with E-state index < -0.39 is 0 Å². The molecule has 1 saturated carbocycles. The summed E-state index contributed by atoms with van der Waals surface area (Å²) in [6, 6.07) is 20.2. The van der Waals surface area contributed by atoms with Gasteiger partial charge in [0.15, 0.2) is 12.4 Å². The highest BCUT2D eigenvalue weighted by Gasteiger charge is 2.16. The maximum absolute atomic E-state index is 12.5. The molecule has 4 rings (SSSR count). The van der Waals surface area contributed by atoms with Crippen LogP contribution >= 0.6 is 15.9 Å². The lowest BCUT2D eigenvalue weighted by Gasteiger charge is -2.22. The van der Waals surface area contributed by atoms with E-state index in [9.17, 15) is 4.79 Å². The Bertz CT molecular complexity index is 940. The Labute approximate surface area is 168 Å². The minimum atomic E-state index is 0.0149. The monoisotopic (exact) mass is 422 g/mol. The van der Waals surface area contributed by atoms with Crippen molar-refractivity contribution in [3.8, 4) is 5.75 Å². The molecule has 3 aromatic carbocycles. The number of carbonyl (C=O) groups excluding carboxylic acids is 1. The van der Waals surface area contributed by atoms with Crippen molar-refractivity contribution in [3.05, 3.63) is 76.3 Å². The van der Waals surface area contributed by atoms with Gasteiger partial charge in [0.25, 0.3) is 0 Å². The molecule has 0 atom stereocenters. The molecule has 0 radical (unpaired) electrons. The molecular weight excluding hydrogens is 400 g/mol. The van der Waals surface area contributed by atoms with Gasteiger partial charge in [-0.1, -0.05) is 71.6 Å². The Morgan fingerprint density at radius 2 is 1.59 bits per heavy atom. The van der Waals surface area contributed by atoms with E-state index in [4.69, 9.17) is 4.74 Å². The van der Waals surface area contributed by atoms with E-state index in [1.54, 1.807) is 0 Å². The Hall–Kier alpha value is -2.13. The van der Waals surface area contributed by atoms with Crippen LogP contribution in [0.4, 0.5) is 0 Å². The van der Waals surface area contributed by atoms with E-state index in [0.717, 1.165) is 26.6 Å². The number of ether oxygens (including phenoxy) is 1. The van der Waals surface area contributed by atoms with Gasteiger partial charge in [0, 0.05) is 10.0 Å². The normalized spacial score (nSPS) is 15.0. The largest absolute Gasteiger partial charge is 0.485 e. The van der Waals surface area contributed by atoms with Gasteiger partial charge in [-0.15, -0.1) is 0 Å². The van der Waals surface area contributed by atoms with Crippen LogP contribution in [0.3, 0.4) is 0 Å². The van der Waals surface area contributed by atoms with E-state index in [-0.39, 0.29) is 12.4 Å². The van der Waals surface area contributed by atoms with Gasteiger partial charge in [-0.2, -0.15) is 0 Å². The average Bonchev–Trinajstić information content (AvgIpc) is 2.72. The van der Waals surface area contributed by atoms with Gasteiger partial charge in [0.1, 0.15) is 5.75 Å². The lowest BCUT2D eigenvalue weighted by molar-refractivity contribution is 0.0921. The number of fused-ring (bicyclic) bond motifs is 1. The standard InChI is InChI=1S/C24H23BrO2/c25-22-12-10-21-15-23(13-11-20(21)14-22)27-16-24(26)19-8-6-18(7-9-19)17-4-2-1-3-5-17/h6-15,17H,1-5,16H2. The van der Waals surface area contributed by atoms with Crippen molar-refractivity contribution in [2.75, 3.05) is 6.61 Å². The second-order valence-electron chi connectivity index (χ2n) is 7.32. The number of carbonyl (C=O) groups is 1. The van der Waals surface area contributed by atoms with E-state index >= 15 is 0 Å². The molecule has 1 aliphatic carbocycles. The highest BCUT2D eigenvalue weighted by atomic mass is 79.9. The number of halogens is 1. The molecule has 138 valence electrons. The first-order chi connectivity index (χ1) is 13.2. The number of hydrogen-bond acceptors (Lipinski definition) is 2. The highest BCUT2D eigenvalue weighted by molar-refractivity contribution is 9.10. The van der Waals surface area contributed by atoms with Gasteiger partial charge in [-0.25, -0.2) is 0 Å². The van der Waals surface area contributed by atoms with Crippen molar-refractivity contribution in [3.63, 3.8) is 0 Å². The number of rotatable bonds is 5. The van der Waals surface area contributed by atoms with Crippen molar-refractivity contribution in [2.24, 2.45) is 0 Å². The van der Waals surface area contributed by atoms with Gasteiger partial charge < -0.3 is 4.74 Å². The molecule has 0 bridgehead atoms. The van der Waals surface area contributed by atoms with E-state index in [0.29, 0.717) is 5.92 Å². The molecule has 0 saturated heterocycles. The molecule has 3 heteroatoms. The summed E-state index contributed by atoms with van der Waals surface area (Å²) in [5.41, 5.74) is 2.09. The average molecular weight is 423 g/mol. The van der Waals surface area contributed by atoms with Crippen molar-refractivity contribution in [1.29, 1.82) is 0 Å². The third-order valence-electron chi connectivity index (χ3n) is 5.45. The van der Waals surface area contributed by atoms with Crippen LogP contribution in [0.15, 0.2) is 65.1 Å². The lowest BCUT2D eigenvalue weighted by atomic mass is 9.84. The topological polar surface area (TPSA) is 26.3 Å². The smallest absolute Gasteiger partial charge is 0.200 e. The summed E-state index contributed by atoms with van der Waals surface area (Å²) >= 11 is 3.48. The third kappa shape index (κ3) is 4.41. The molecule has 1 fully saturated rings. The van der Waals surface area contributed by atoms with Gasteiger partial charge in [0.05, 0.1) is 0 Å². The molecule has 0 unspecified atom stereocenters. The summed E-state index contributed by atoms with van der Waals surface area (Å²) in [4.78, 5) is 12.5. The Balaban J connectivity index is 1.39. The third-order valence-corrected chi connectivity index (χ3v) is 5.95. The van der Waals surface area contributed by atoms with Gasteiger partial charge in [0.2, 0.25) is 0 Å². The van der Waals surface area contributed by atoms with Crippen molar-refractivity contribution in [1.82, 2.24) is 0 Å². The summed E-state index contributed by atoms with van der Waals surface area (Å²) in [5, 5.41) is 2.24. The fourth-order valence-corrected chi connectivity index (χ4v) is 4.27. The van der Waals surface area contributed by atoms with Crippen LogP contribution in [0.1, 0.15) is 53.9 Å². The zero-order valence-corrected chi connectivity index (χ0v) is 16.9. The molecule has 3 aromatic rings. The van der Waals surface area contributed by atoms with Crippen molar-refractivity contribution in [2.45, 2.75) is 38.0 Å². The summed E-state index contributed by atoms with van der Waals surface area (Å²) in [5.74, 6) is 1.40. The maximum Gasteiger partial charge on any atom is 0.200 e. The number of ketones is 1. The van der Waals surface area contributed by atoms with Crippen LogP contribution in [0.5, 0.6) is 5.75 Å². The predicted octanol–water partition coefficient (Wildman–Crippen LogP) is 6.91. The minimum absolute atomic E-state index is 0.0149. The molecule has 27 heavy (non-hydrogen) atoms.